The Kier molecular flexibility index (Phi) is 4.39. The second kappa shape index (κ2) is 6.03. The molecule has 0 radical (unpaired) electrons. The van der Waals surface area contributed by atoms with E-state index >= 15 is 0 Å². The van der Waals surface area contributed by atoms with Crippen molar-refractivity contribution in [3.05, 3.63) is 24.2 Å². The Balaban J connectivity index is 1.58. The third-order valence-electron chi connectivity index (χ3n) is 2.80. The van der Waals surface area contributed by atoms with Crippen molar-refractivity contribution in [1.82, 2.24) is 4.90 Å². The van der Waals surface area contributed by atoms with Crippen molar-refractivity contribution in [1.29, 1.82) is 0 Å². The average Bonchev–Trinajstić information content (AvgIpc) is 2.90. The third-order valence-corrected chi connectivity index (χ3v) is 2.80. The Hall–Kier alpha value is -0.840. The molecule has 2 rings (SSSR count). The Labute approximate surface area is 95.8 Å². The number of aliphatic hydroxyl groups excluding tert-OH is 1. The highest BCUT2D eigenvalue weighted by Gasteiger charge is 2.15. The van der Waals surface area contributed by atoms with E-state index in [4.69, 9.17) is 9.15 Å². The average molecular weight is 225 g/mol. The molecule has 0 amide bonds. The van der Waals surface area contributed by atoms with Gasteiger partial charge in [-0.1, -0.05) is 0 Å². The van der Waals surface area contributed by atoms with Crippen LogP contribution in [0.3, 0.4) is 0 Å². The number of likely N-dealkylation sites (tertiary alicyclic amines) is 1. The predicted molar refractivity (Wildman–Crippen MR) is 60.0 cm³/mol. The van der Waals surface area contributed by atoms with Crippen LogP contribution < -0.4 is 0 Å². The molecule has 0 spiro atoms. The van der Waals surface area contributed by atoms with Crippen molar-refractivity contribution < 1.29 is 14.3 Å². The lowest BCUT2D eigenvalue weighted by Gasteiger charge is -2.18. The number of ether oxygens (including phenoxy) is 1. The van der Waals surface area contributed by atoms with Crippen LogP contribution in [0, 0.1) is 0 Å². The van der Waals surface area contributed by atoms with Gasteiger partial charge >= 0.3 is 0 Å². The number of hydrogen-bond donors (Lipinski definition) is 1. The van der Waals surface area contributed by atoms with Gasteiger partial charge in [0.25, 0.3) is 0 Å². The zero-order valence-corrected chi connectivity index (χ0v) is 9.47. The summed E-state index contributed by atoms with van der Waals surface area (Å²) < 4.78 is 10.5. The minimum atomic E-state index is -0.395. The lowest BCUT2D eigenvalue weighted by Crippen LogP contribution is -2.32. The van der Waals surface area contributed by atoms with Crippen LogP contribution in [0.1, 0.15) is 18.6 Å². The van der Waals surface area contributed by atoms with Gasteiger partial charge in [-0.15, -0.1) is 0 Å². The lowest BCUT2D eigenvalue weighted by atomic mass is 10.3. The first-order valence-corrected chi connectivity index (χ1v) is 5.85. The van der Waals surface area contributed by atoms with Gasteiger partial charge < -0.3 is 19.2 Å². The van der Waals surface area contributed by atoms with E-state index in [1.807, 2.05) is 12.1 Å². The Bertz CT molecular complexity index is 280. The van der Waals surface area contributed by atoms with Crippen LogP contribution in [0.25, 0.3) is 0 Å². The van der Waals surface area contributed by atoms with Crippen molar-refractivity contribution in [3.8, 4) is 0 Å². The van der Waals surface area contributed by atoms with Crippen molar-refractivity contribution in [3.63, 3.8) is 0 Å². The molecule has 0 bridgehead atoms. The fourth-order valence-corrected chi connectivity index (χ4v) is 2.01. The molecule has 1 aliphatic rings. The third kappa shape index (κ3) is 3.63. The van der Waals surface area contributed by atoms with Gasteiger partial charge in [0.05, 0.1) is 19.0 Å². The van der Waals surface area contributed by atoms with E-state index in [0.717, 1.165) is 25.4 Å². The van der Waals surface area contributed by atoms with E-state index in [0.29, 0.717) is 13.2 Å². The fraction of sp³-hybridized carbons (Fsp3) is 0.667. The monoisotopic (exact) mass is 225 g/mol. The molecule has 1 fully saturated rings. The summed E-state index contributed by atoms with van der Waals surface area (Å²) in [6.07, 6.45) is 3.73. The smallest absolute Gasteiger partial charge is 0.129 e. The Morgan fingerprint density at radius 1 is 1.44 bits per heavy atom. The number of furan rings is 1. The summed E-state index contributed by atoms with van der Waals surface area (Å²) >= 11 is 0. The van der Waals surface area contributed by atoms with Crippen molar-refractivity contribution in [2.75, 3.05) is 26.2 Å². The molecule has 0 aliphatic carbocycles. The summed E-state index contributed by atoms with van der Waals surface area (Å²) in [6, 6.07) is 3.70. The highest BCUT2D eigenvalue weighted by atomic mass is 16.5. The van der Waals surface area contributed by atoms with E-state index in [9.17, 15) is 5.11 Å². The summed E-state index contributed by atoms with van der Waals surface area (Å²) in [5.41, 5.74) is 0. The second-order valence-corrected chi connectivity index (χ2v) is 4.26. The molecule has 1 unspecified atom stereocenters. The highest BCUT2D eigenvalue weighted by molar-refractivity contribution is 4.96. The number of rotatable bonds is 6. The molecule has 1 aliphatic heterocycles. The van der Waals surface area contributed by atoms with E-state index in [-0.39, 0.29) is 0 Å². The van der Waals surface area contributed by atoms with E-state index in [1.54, 1.807) is 6.26 Å². The van der Waals surface area contributed by atoms with Gasteiger partial charge in [0.15, 0.2) is 0 Å². The molecule has 16 heavy (non-hydrogen) atoms. The van der Waals surface area contributed by atoms with Gasteiger partial charge in [0.2, 0.25) is 0 Å². The Morgan fingerprint density at radius 3 is 2.94 bits per heavy atom. The number of hydrogen-bond acceptors (Lipinski definition) is 4. The summed E-state index contributed by atoms with van der Waals surface area (Å²) in [6.45, 7) is 3.74. The molecular formula is C12H19NO3. The zero-order chi connectivity index (χ0) is 11.2. The zero-order valence-electron chi connectivity index (χ0n) is 9.47. The van der Waals surface area contributed by atoms with Gasteiger partial charge in [0.1, 0.15) is 12.4 Å². The largest absolute Gasteiger partial charge is 0.467 e. The number of nitrogens with zero attached hydrogens (tertiary/aromatic N) is 1. The summed E-state index contributed by atoms with van der Waals surface area (Å²) in [5, 5.41) is 9.74. The molecule has 1 atom stereocenters. The standard InChI is InChI=1S/C12H19NO3/c14-11(8-13-5-1-2-6-13)9-15-10-12-4-3-7-16-12/h3-4,7,11,14H,1-2,5-6,8-10H2. The fourth-order valence-electron chi connectivity index (χ4n) is 2.01. The molecule has 0 aromatic carbocycles. The predicted octanol–water partition coefficient (Wildman–Crippen LogP) is 1.25. The van der Waals surface area contributed by atoms with E-state index < -0.39 is 6.10 Å². The quantitative estimate of drug-likeness (QED) is 0.791. The van der Waals surface area contributed by atoms with E-state index in [2.05, 4.69) is 4.90 Å². The van der Waals surface area contributed by atoms with Crippen LogP contribution in [-0.4, -0.2) is 42.4 Å². The second-order valence-electron chi connectivity index (χ2n) is 4.26. The minimum absolute atomic E-state index is 0.372. The van der Waals surface area contributed by atoms with Crippen LogP contribution in [0.2, 0.25) is 0 Å². The SMILES string of the molecule is OC(COCc1ccco1)CN1CCCC1. The van der Waals surface area contributed by atoms with E-state index in [1.165, 1.54) is 12.8 Å². The topological polar surface area (TPSA) is 45.8 Å². The Morgan fingerprint density at radius 2 is 2.25 bits per heavy atom. The molecule has 4 nitrogen and oxygen atoms in total. The van der Waals surface area contributed by atoms with Crippen LogP contribution in [-0.2, 0) is 11.3 Å². The first kappa shape index (κ1) is 11.6. The molecule has 1 aromatic heterocycles. The van der Waals surface area contributed by atoms with Crippen LogP contribution in [0.15, 0.2) is 22.8 Å². The lowest BCUT2D eigenvalue weighted by molar-refractivity contribution is 0.00832. The van der Waals surface area contributed by atoms with Gasteiger partial charge in [0, 0.05) is 6.54 Å². The molecule has 90 valence electrons. The van der Waals surface area contributed by atoms with Crippen molar-refractivity contribution in [2.24, 2.45) is 0 Å². The summed E-state index contributed by atoms with van der Waals surface area (Å²) in [4.78, 5) is 2.28. The summed E-state index contributed by atoms with van der Waals surface area (Å²) in [7, 11) is 0. The van der Waals surface area contributed by atoms with Crippen LogP contribution in [0.4, 0.5) is 0 Å². The maximum atomic E-state index is 9.74. The first-order valence-electron chi connectivity index (χ1n) is 5.85. The van der Waals surface area contributed by atoms with Gasteiger partial charge in [-0.2, -0.15) is 0 Å². The molecule has 1 saturated heterocycles. The number of β-amino-alcohol motifs (C(OH)–C–C–N with tert-alkyl or cyclic N) is 1. The van der Waals surface area contributed by atoms with Crippen LogP contribution >= 0.6 is 0 Å². The molecular weight excluding hydrogens is 206 g/mol. The maximum Gasteiger partial charge on any atom is 0.129 e. The molecule has 1 aromatic rings. The molecule has 0 saturated carbocycles. The van der Waals surface area contributed by atoms with Gasteiger partial charge in [-0.05, 0) is 38.1 Å². The minimum Gasteiger partial charge on any atom is -0.467 e. The van der Waals surface area contributed by atoms with Gasteiger partial charge in [-0.3, -0.25) is 0 Å². The van der Waals surface area contributed by atoms with Crippen molar-refractivity contribution >= 4 is 0 Å². The highest BCUT2D eigenvalue weighted by Crippen LogP contribution is 2.08. The molecule has 1 N–H and O–H groups in total. The molecule has 2 heterocycles. The maximum absolute atomic E-state index is 9.74. The molecule has 4 heteroatoms. The summed E-state index contributed by atoms with van der Waals surface area (Å²) in [5.74, 6) is 0.799. The normalized spacial score (nSPS) is 19.1. The first-order chi connectivity index (χ1) is 7.84. The van der Waals surface area contributed by atoms with Crippen LogP contribution in [0.5, 0.6) is 0 Å². The van der Waals surface area contributed by atoms with Gasteiger partial charge in [-0.25, -0.2) is 0 Å². The van der Waals surface area contributed by atoms with Crippen molar-refractivity contribution in [2.45, 2.75) is 25.6 Å². The number of aliphatic hydroxyl groups is 1.